The SMILES string of the molecule is CCCCCCCCC/C=C\CCCCCC(O)CC(=O)NC(CO)C(O)/C=C/CC/C=C/CCCCCCCCCCCCCC. The van der Waals surface area contributed by atoms with Crippen molar-refractivity contribution in [3.05, 3.63) is 36.5 Å². The van der Waals surface area contributed by atoms with E-state index in [9.17, 15) is 20.1 Å². The number of aliphatic hydroxyl groups excluding tert-OH is 3. The summed E-state index contributed by atoms with van der Waals surface area (Å²) >= 11 is 0. The van der Waals surface area contributed by atoms with Crippen LogP contribution in [0.3, 0.4) is 0 Å². The average Bonchev–Trinajstić information content (AvgIpc) is 3.06. The lowest BCUT2D eigenvalue weighted by atomic mass is 10.0. The van der Waals surface area contributed by atoms with Crippen LogP contribution in [0.2, 0.25) is 0 Å². The quantitative estimate of drug-likeness (QED) is 0.0397. The molecule has 0 bridgehead atoms. The van der Waals surface area contributed by atoms with Gasteiger partial charge in [-0.2, -0.15) is 0 Å². The highest BCUT2D eigenvalue weighted by Gasteiger charge is 2.20. The highest BCUT2D eigenvalue weighted by atomic mass is 16.3. The van der Waals surface area contributed by atoms with Crippen molar-refractivity contribution in [1.29, 1.82) is 0 Å². The van der Waals surface area contributed by atoms with Crippen molar-refractivity contribution in [3.8, 4) is 0 Å². The molecule has 0 fully saturated rings. The van der Waals surface area contributed by atoms with Crippen LogP contribution < -0.4 is 5.32 Å². The van der Waals surface area contributed by atoms with Gasteiger partial charge in [0.15, 0.2) is 0 Å². The maximum atomic E-state index is 12.4. The molecule has 47 heavy (non-hydrogen) atoms. The Morgan fingerprint density at radius 1 is 0.532 bits per heavy atom. The number of unbranched alkanes of at least 4 members (excludes halogenated alkanes) is 23. The summed E-state index contributed by atoms with van der Waals surface area (Å²) in [6, 6.07) is -0.764. The number of allylic oxidation sites excluding steroid dienone is 5. The monoisotopic (exact) mass is 662 g/mol. The van der Waals surface area contributed by atoms with Crippen LogP contribution in [0, 0.1) is 0 Å². The molecule has 5 heteroatoms. The van der Waals surface area contributed by atoms with Gasteiger partial charge in [-0.05, 0) is 57.8 Å². The van der Waals surface area contributed by atoms with E-state index in [1.54, 1.807) is 6.08 Å². The van der Waals surface area contributed by atoms with E-state index in [0.29, 0.717) is 6.42 Å². The minimum absolute atomic E-state index is 0.00469. The van der Waals surface area contributed by atoms with Crippen LogP contribution in [0.5, 0.6) is 0 Å². The molecule has 0 aromatic heterocycles. The molecule has 0 radical (unpaired) electrons. The molecule has 0 saturated heterocycles. The van der Waals surface area contributed by atoms with E-state index >= 15 is 0 Å². The molecular weight excluding hydrogens is 582 g/mol. The molecule has 276 valence electrons. The summed E-state index contributed by atoms with van der Waals surface area (Å²) in [6.07, 6.45) is 45.6. The smallest absolute Gasteiger partial charge is 0.222 e. The molecule has 5 nitrogen and oxygen atoms in total. The number of amides is 1. The summed E-state index contributed by atoms with van der Waals surface area (Å²) in [4.78, 5) is 12.4. The third-order valence-corrected chi connectivity index (χ3v) is 9.15. The van der Waals surface area contributed by atoms with Crippen molar-refractivity contribution < 1.29 is 20.1 Å². The van der Waals surface area contributed by atoms with Gasteiger partial charge in [0.25, 0.3) is 0 Å². The fraction of sp³-hybridized carbons (Fsp3) is 0.833. The Labute approximate surface area is 292 Å². The van der Waals surface area contributed by atoms with Crippen molar-refractivity contribution in [2.75, 3.05) is 6.61 Å². The summed E-state index contributed by atoms with van der Waals surface area (Å²) in [6.45, 7) is 4.18. The van der Waals surface area contributed by atoms with E-state index in [2.05, 4.69) is 43.5 Å². The van der Waals surface area contributed by atoms with Crippen molar-refractivity contribution in [2.24, 2.45) is 0 Å². The lowest BCUT2D eigenvalue weighted by molar-refractivity contribution is -0.124. The van der Waals surface area contributed by atoms with Crippen molar-refractivity contribution in [3.63, 3.8) is 0 Å². The molecule has 3 unspecified atom stereocenters. The number of carbonyl (C=O) groups excluding carboxylic acids is 1. The summed E-state index contributed by atoms with van der Waals surface area (Å²) in [5.41, 5.74) is 0. The van der Waals surface area contributed by atoms with Gasteiger partial charge in [0.1, 0.15) is 0 Å². The molecule has 0 rings (SSSR count). The van der Waals surface area contributed by atoms with Crippen molar-refractivity contribution in [1.82, 2.24) is 5.32 Å². The highest BCUT2D eigenvalue weighted by Crippen LogP contribution is 2.14. The van der Waals surface area contributed by atoms with Gasteiger partial charge >= 0.3 is 0 Å². The number of aliphatic hydroxyl groups is 3. The minimum Gasteiger partial charge on any atom is -0.394 e. The Balaban J connectivity index is 3.77. The van der Waals surface area contributed by atoms with Gasteiger partial charge in [-0.25, -0.2) is 0 Å². The second-order valence-electron chi connectivity index (χ2n) is 13.9. The van der Waals surface area contributed by atoms with Gasteiger partial charge in [0.05, 0.1) is 31.3 Å². The molecule has 0 aliphatic heterocycles. The van der Waals surface area contributed by atoms with Crippen LogP contribution in [0.15, 0.2) is 36.5 Å². The third kappa shape index (κ3) is 34.2. The van der Waals surface area contributed by atoms with Crippen molar-refractivity contribution in [2.45, 2.75) is 218 Å². The molecule has 0 spiro atoms. The molecule has 1 amide bonds. The predicted molar refractivity (Wildman–Crippen MR) is 204 cm³/mol. The Morgan fingerprint density at radius 2 is 0.915 bits per heavy atom. The second-order valence-corrected chi connectivity index (χ2v) is 13.9. The highest BCUT2D eigenvalue weighted by molar-refractivity contribution is 5.76. The lowest BCUT2D eigenvalue weighted by Crippen LogP contribution is -2.45. The Hall–Kier alpha value is -1.43. The Morgan fingerprint density at radius 3 is 1.36 bits per heavy atom. The second kappa shape index (κ2) is 37.4. The Kier molecular flexibility index (Phi) is 36.3. The summed E-state index contributed by atoms with van der Waals surface area (Å²) in [5, 5.41) is 33.1. The number of rotatable bonds is 36. The van der Waals surface area contributed by atoms with Crippen LogP contribution in [0.1, 0.15) is 200 Å². The topological polar surface area (TPSA) is 89.8 Å². The van der Waals surface area contributed by atoms with Crippen LogP contribution in [-0.2, 0) is 4.79 Å². The summed E-state index contributed by atoms with van der Waals surface area (Å²) < 4.78 is 0. The molecular formula is C42H79NO4. The first-order chi connectivity index (χ1) is 23.0. The van der Waals surface area contributed by atoms with E-state index in [4.69, 9.17) is 0 Å². The zero-order valence-electron chi connectivity index (χ0n) is 31.2. The van der Waals surface area contributed by atoms with E-state index < -0.39 is 18.2 Å². The van der Waals surface area contributed by atoms with Crippen LogP contribution in [0.4, 0.5) is 0 Å². The molecule has 0 saturated carbocycles. The minimum atomic E-state index is -0.954. The fourth-order valence-electron chi connectivity index (χ4n) is 6.00. The zero-order chi connectivity index (χ0) is 34.5. The van der Waals surface area contributed by atoms with Crippen molar-refractivity contribution >= 4 is 5.91 Å². The number of carbonyl (C=O) groups is 1. The molecule has 0 aliphatic carbocycles. The summed E-state index contributed by atoms with van der Waals surface area (Å²) in [5.74, 6) is -0.335. The van der Waals surface area contributed by atoms with Crippen LogP contribution in [0.25, 0.3) is 0 Å². The molecule has 3 atom stereocenters. The number of hydrogen-bond acceptors (Lipinski definition) is 4. The normalized spacial score (nSPS) is 14.1. The van der Waals surface area contributed by atoms with Crippen LogP contribution in [-0.4, -0.2) is 46.1 Å². The van der Waals surface area contributed by atoms with Gasteiger partial charge in [0.2, 0.25) is 5.91 Å². The van der Waals surface area contributed by atoms with E-state index in [1.807, 2.05) is 6.08 Å². The molecule has 0 aromatic rings. The fourth-order valence-corrected chi connectivity index (χ4v) is 6.00. The third-order valence-electron chi connectivity index (χ3n) is 9.15. The number of hydrogen-bond donors (Lipinski definition) is 4. The van der Waals surface area contributed by atoms with Gasteiger partial charge in [0, 0.05) is 0 Å². The van der Waals surface area contributed by atoms with Gasteiger partial charge in [-0.15, -0.1) is 0 Å². The van der Waals surface area contributed by atoms with Gasteiger partial charge < -0.3 is 20.6 Å². The average molecular weight is 662 g/mol. The van der Waals surface area contributed by atoms with Gasteiger partial charge in [-0.3, -0.25) is 4.79 Å². The Bertz CT molecular complexity index is 734. The van der Waals surface area contributed by atoms with Gasteiger partial charge in [-0.1, -0.05) is 172 Å². The lowest BCUT2D eigenvalue weighted by Gasteiger charge is -2.20. The van der Waals surface area contributed by atoms with Crippen LogP contribution >= 0.6 is 0 Å². The summed E-state index contributed by atoms with van der Waals surface area (Å²) in [7, 11) is 0. The standard InChI is InChI=1S/C42H79NO4/c1-3-5-7-9-11-13-15-17-19-20-21-22-24-26-28-30-32-34-36-41(46)40(38-44)43-42(47)37-39(45)35-33-31-29-27-25-23-18-16-14-12-10-8-6-4-2/h23,25-26,28,34,36,39-41,44-46H,3-22,24,27,29-33,35,37-38H2,1-2H3,(H,43,47)/b25-23-,28-26+,36-34+. The first-order valence-corrected chi connectivity index (χ1v) is 20.3. The predicted octanol–water partition coefficient (Wildman–Crippen LogP) is 11.2. The molecule has 4 N–H and O–H groups in total. The first-order valence-electron chi connectivity index (χ1n) is 20.3. The maximum absolute atomic E-state index is 12.4. The molecule has 0 heterocycles. The number of nitrogens with one attached hydrogen (secondary N) is 1. The maximum Gasteiger partial charge on any atom is 0.222 e. The van der Waals surface area contributed by atoms with E-state index in [-0.39, 0.29) is 18.9 Å². The molecule has 0 aliphatic rings. The van der Waals surface area contributed by atoms with E-state index in [1.165, 1.54) is 128 Å². The first kappa shape index (κ1) is 45.6. The molecule has 0 aromatic carbocycles. The largest absolute Gasteiger partial charge is 0.394 e. The van der Waals surface area contributed by atoms with E-state index in [0.717, 1.165) is 44.9 Å². The zero-order valence-corrected chi connectivity index (χ0v) is 31.2.